The van der Waals surface area contributed by atoms with E-state index in [2.05, 4.69) is 32.3 Å². The zero-order valence-electron chi connectivity index (χ0n) is 11.6. The summed E-state index contributed by atoms with van der Waals surface area (Å²) in [7, 11) is 0. The summed E-state index contributed by atoms with van der Waals surface area (Å²) in [5.74, 6) is 0.807. The molecule has 1 aromatic heterocycles. The van der Waals surface area contributed by atoms with Crippen molar-refractivity contribution in [2.24, 2.45) is 0 Å². The second kappa shape index (κ2) is 8.28. The maximum absolute atomic E-state index is 8.48. The SMILES string of the molecule is N#CCCCOc1cccc(NCc2ccc(Br)cn2)c1. The van der Waals surface area contributed by atoms with Crippen LogP contribution >= 0.6 is 15.9 Å². The fraction of sp³-hybridized carbons (Fsp3) is 0.250. The molecule has 1 heterocycles. The summed E-state index contributed by atoms with van der Waals surface area (Å²) < 4.78 is 6.57. The number of nitrogens with zero attached hydrogens (tertiary/aromatic N) is 2. The van der Waals surface area contributed by atoms with Crippen molar-refractivity contribution in [2.45, 2.75) is 19.4 Å². The molecule has 4 nitrogen and oxygen atoms in total. The zero-order valence-corrected chi connectivity index (χ0v) is 13.1. The number of unbranched alkanes of at least 4 members (excludes halogenated alkanes) is 1. The van der Waals surface area contributed by atoms with Crippen molar-refractivity contribution in [1.29, 1.82) is 5.26 Å². The van der Waals surface area contributed by atoms with Crippen LogP contribution in [0.3, 0.4) is 0 Å². The van der Waals surface area contributed by atoms with E-state index in [4.69, 9.17) is 10.00 Å². The number of pyridine rings is 1. The minimum Gasteiger partial charge on any atom is -0.493 e. The van der Waals surface area contributed by atoms with Crippen LogP contribution in [0.15, 0.2) is 47.1 Å². The van der Waals surface area contributed by atoms with Gasteiger partial charge in [-0.25, -0.2) is 0 Å². The number of hydrogen-bond donors (Lipinski definition) is 1. The van der Waals surface area contributed by atoms with Crippen molar-refractivity contribution in [3.05, 3.63) is 52.8 Å². The summed E-state index contributed by atoms with van der Waals surface area (Å²) in [6.07, 6.45) is 3.05. The Morgan fingerprint density at radius 2 is 2.19 bits per heavy atom. The van der Waals surface area contributed by atoms with Crippen LogP contribution in [0.1, 0.15) is 18.5 Å². The van der Waals surface area contributed by atoms with Gasteiger partial charge in [0.2, 0.25) is 0 Å². The summed E-state index contributed by atoms with van der Waals surface area (Å²) in [4.78, 5) is 4.31. The molecule has 5 heteroatoms. The topological polar surface area (TPSA) is 57.9 Å². The largest absolute Gasteiger partial charge is 0.493 e. The lowest BCUT2D eigenvalue weighted by molar-refractivity contribution is 0.313. The molecule has 0 fully saturated rings. The van der Waals surface area contributed by atoms with Crippen molar-refractivity contribution in [3.63, 3.8) is 0 Å². The van der Waals surface area contributed by atoms with Gasteiger partial charge in [0.1, 0.15) is 5.75 Å². The summed E-state index contributed by atoms with van der Waals surface area (Å²) in [6.45, 7) is 1.22. The van der Waals surface area contributed by atoms with Gasteiger partial charge in [0.05, 0.1) is 24.9 Å². The molecule has 1 N–H and O–H groups in total. The van der Waals surface area contributed by atoms with Crippen LogP contribution in [-0.2, 0) is 6.54 Å². The minimum absolute atomic E-state index is 0.521. The molecule has 0 atom stereocenters. The quantitative estimate of drug-likeness (QED) is 0.766. The third-order valence-corrected chi connectivity index (χ3v) is 3.27. The first-order valence-corrected chi connectivity index (χ1v) is 7.51. The Kier molecular flexibility index (Phi) is 6.04. The Labute approximate surface area is 132 Å². The van der Waals surface area contributed by atoms with E-state index in [-0.39, 0.29) is 0 Å². The van der Waals surface area contributed by atoms with Crippen molar-refractivity contribution >= 4 is 21.6 Å². The fourth-order valence-electron chi connectivity index (χ4n) is 1.74. The molecule has 0 unspecified atom stereocenters. The number of nitriles is 1. The summed E-state index contributed by atoms with van der Waals surface area (Å²) in [5, 5.41) is 11.8. The van der Waals surface area contributed by atoms with Gasteiger partial charge >= 0.3 is 0 Å². The van der Waals surface area contributed by atoms with E-state index in [1.807, 2.05) is 36.4 Å². The third-order valence-electron chi connectivity index (χ3n) is 2.80. The van der Waals surface area contributed by atoms with Crippen LogP contribution in [0.5, 0.6) is 5.75 Å². The van der Waals surface area contributed by atoms with Crippen molar-refractivity contribution in [2.75, 3.05) is 11.9 Å². The maximum Gasteiger partial charge on any atom is 0.121 e. The number of nitrogens with one attached hydrogen (secondary N) is 1. The van der Waals surface area contributed by atoms with E-state index >= 15 is 0 Å². The Morgan fingerprint density at radius 3 is 2.95 bits per heavy atom. The van der Waals surface area contributed by atoms with Crippen LogP contribution < -0.4 is 10.1 Å². The van der Waals surface area contributed by atoms with Gasteiger partial charge < -0.3 is 10.1 Å². The molecule has 2 aromatic rings. The molecule has 108 valence electrons. The molecule has 0 aliphatic rings. The number of rotatable bonds is 7. The first-order chi connectivity index (χ1) is 10.3. The molecule has 0 aliphatic carbocycles. The van der Waals surface area contributed by atoms with Crippen LogP contribution in [0, 0.1) is 11.3 Å². The van der Waals surface area contributed by atoms with Gasteiger partial charge in [0.15, 0.2) is 0 Å². The van der Waals surface area contributed by atoms with Gasteiger partial charge in [-0.05, 0) is 46.6 Å². The molecule has 21 heavy (non-hydrogen) atoms. The molecule has 0 radical (unpaired) electrons. The molecule has 0 bridgehead atoms. The highest BCUT2D eigenvalue weighted by atomic mass is 79.9. The second-order valence-corrected chi connectivity index (χ2v) is 5.37. The number of aromatic nitrogens is 1. The van der Waals surface area contributed by atoms with Crippen molar-refractivity contribution < 1.29 is 4.74 Å². The molecule has 1 aromatic carbocycles. The summed E-state index contributed by atoms with van der Waals surface area (Å²) >= 11 is 3.37. The molecule has 2 rings (SSSR count). The maximum atomic E-state index is 8.48. The summed E-state index contributed by atoms with van der Waals surface area (Å²) in [6, 6.07) is 13.8. The Hall–Kier alpha value is -2.06. The van der Waals surface area contributed by atoms with Gasteiger partial charge in [-0.3, -0.25) is 4.98 Å². The van der Waals surface area contributed by atoms with Crippen molar-refractivity contribution in [1.82, 2.24) is 4.98 Å². The van der Waals surface area contributed by atoms with E-state index < -0.39 is 0 Å². The van der Waals surface area contributed by atoms with E-state index in [0.29, 0.717) is 19.6 Å². The summed E-state index contributed by atoms with van der Waals surface area (Å²) in [5.41, 5.74) is 1.95. The van der Waals surface area contributed by atoms with Crippen LogP contribution in [0.25, 0.3) is 0 Å². The number of hydrogen-bond acceptors (Lipinski definition) is 4. The van der Waals surface area contributed by atoms with Gasteiger partial charge in [-0.1, -0.05) is 6.07 Å². The van der Waals surface area contributed by atoms with Crippen molar-refractivity contribution in [3.8, 4) is 11.8 Å². The number of ether oxygens (including phenoxy) is 1. The lowest BCUT2D eigenvalue weighted by Gasteiger charge is -2.09. The first-order valence-electron chi connectivity index (χ1n) is 6.72. The Balaban J connectivity index is 1.86. The molecule has 0 aliphatic heterocycles. The lowest BCUT2D eigenvalue weighted by atomic mass is 10.3. The average Bonchev–Trinajstić information content (AvgIpc) is 2.52. The lowest BCUT2D eigenvalue weighted by Crippen LogP contribution is -2.02. The molecule has 0 saturated heterocycles. The van der Waals surface area contributed by atoms with E-state index in [1.54, 1.807) is 6.20 Å². The number of benzene rings is 1. The van der Waals surface area contributed by atoms with Gasteiger partial charge in [-0.2, -0.15) is 5.26 Å². The monoisotopic (exact) mass is 345 g/mol. The highest BCUT2D eigenvalue weighted by Crippen LogP contribution is 2.18. The number of halogens is 1. The van der Waals surface area contributed by atoms with Crippen LogP contribution in [0.4, 0.5) is 5.69 Å². The predicted octanol–water partition coefficient (Wildman–Crippen LogP) is 4.14. The number of anilines is 1. The van der Waals surface area contributed by atoms with Crippen LogP contribution in [0.2, 0.25) is 0 Å². The average molecular weight is 346 g/mol. The Bertz CT molecular complexity index is 608. The van der Waals surface area contributed by atoms with Gasteiger partial charge in [-0.15, -0.1) is 0 Å². The predicted molar refractivity (Wildman–Crippen MR) is 86.0 cm³/mol. The highest BCUT2D eigenvalue weighted by Gasteiger charge is 1.99. The molecule has 0 saturated carbocycles. The smallest absolute Gasteiger partial charge is 0.121 e. The Morgan fingerprint density at radius 1 is 1.29 bits per heavy atom. The molecule has 0 spiro atoms. The van der Waals surface area contributed by atoms with Crippen LogP contribution in [-0.4, -0.2) is 11.6 Å². The molecule has 0 amide bonds. The first kappa shape index (κ1) is 15.3. The zero-order chi connectivity index (χ0) is 14.9. The van der Waals surface area contributed by atoms with Gasteiger partial charge in [0.25, 0.3) is 0 Å². The van der Waals surface area contributed by atoms with E-state index in [0.717, 1.165) is 28.0 Å². The van der Waals surface area contributed by atoms with E-state index in [1.165, 1.54) is 0 Å². The van der Waals surface area contributed by atoms with Gasteiger partial charge in [0, 0.05) is 28.8 Å². The standard InChI is InChI=1S/C16H16BrN3O/c17-13-6-7-15(19-11-13)12-20-14-4-3-5-16(10-14)21-9-2-1-8-18/h3-7,10-11,20H,1-2,9,12H2. The third kappa shape index (κ3) is 5.44. The fourth-order valence-corrected chi connectivity index (χ4v) is 1.98. The second-order valence-electron chi connectivity index (χ2n) is 4.46. The normalized spacial score (nSPS) is 9.90. The highest BCUT2D eigenvalue weighted by molar-refractivity contribution is 9.10. The minimum atomic E-state index is 0.521. The molecular formula is C16H16BrN3O. The van der Waals surface area contributed by atoms with E-state index in [9.17, 15) is 0 Å². The molecular weight excluding hydrogens is 330 g/mol.